The van der Waals surface area contributed by atoms with Gasteiger partial charge < -0.3 is 0 Å². The van der Waals surface area contributed by atoms with Crippen molar-refractivity contribution < 1.29 is 0 Å². The lowest BCUT2D eigenvalue weighted by molar-refractivity contribution is 0.911. The summed E-state index contributed by atoms with van der Waals surface area (Å²) in [5, 5.41) is 1.01. The summed E-state index contributed by atoms with van der Waals surface area (Å²) in [5.74, 6) is 1.09. The number of benzene rings is 1. The number of rotatable bonds is 2. The third kappa shape index (κ3) is 1.89. The number of thioether (sulfide) groups is 1. The van der Waals surface area contributed by atoms with Crippen molar-refractivity contribution in [1.29, 1.82) is 0 Å². The molecule has 1 aliphatic carbocycles. The number of nitrogens with zero attached hydrogens (tertiary/aromatic N) is 1. The van der Waals surface area contributed by atoms with E-state index in [4.69, 9.17) is 0 Å². The van der Waals surface area contributed by atoms with Crippen LogP contribution in [0.2, 0.25) is 0 Å². The SMILES string of the molecule is c1cc2c(c(NNC3=NCCS3)c1)CCC2. The monoisotopic (exact) mass is 233 g/mol. The molecular weight excluding hydrogens is 218 g/mol. The molecule has 0 radical (unpaired) electrons. The molecule has 1 aromatic rings. The highest BCUT2D eigenvalue weighted by atomic mass is 32.2. The van der Waals surface area contributed by atoms with E-state index >= 15 is 0 Å². The molecule has 3 nitrogen and oxygen atoms in total. The fraction of sp³-hybridized carbons (Fsp3) is 0.417. The Hall–Kier alpha value is -1.16. The van der Waals surface area contributed by atoms with E-state index < -0.39 is 0 Å². The molecule has 1 heterocycles. The van der Waals surface area contributed by atoms with Crippen molar-refractivity contribution in [3.63, 3.8) is 0 Å². The highest BCUT2D eigenvalue weighted by Crippen LogP contribution is 2.28. The van der Waals surface area contributed by atoms with Gasteiger partial charge in [-0.25, -0.2) is 0 Å². The zero-order valence-electron chi connectivity index (χ0n) is 9.12. The van der Waals surface area contributed by atoms with Crippen LogP contribution in [0.5, 0.6) is 0 Å². The second kappa shape index (κ2) is 4.37. The third-order valence-electron chi connectivity index (χ3n) is 3.04. The predicted molar refractivity (Wildman–Crippen MR) is 70.0 cm³/mol. The molecule has 0 bridgehead atoms. The number of hydrazine groups is 1. The molecule has 0 atom stereocenters. The van der Waals surface area contributed by atoms with E-state index in [0.717, 1.165) is 17.5 Å². The topological polar surface area (TPSA) is 36.4 Å². The van der Waals surface area contributed by atoms with E-state index in [1.165, 1.54) is 36.1 Å². The molecule has 2 N–H and O–H groups in total. The van der Waals surface area contributed by atoms with Crippen molar-refractivity contribution in [1.82, 2.24) is 5.43 Å². The first kappa shape index (κ1) is 10.0. The summed E-state index contributed by atoms with van der Waals surface area (Å²) in [7, 11) is 0. The number of hydrogen-bond donors (Lipinski definition) is 2. The van der Waals surface area contributed by atoms with Crippen molar-refractivity contribution in [2.75, 3.05) is 17.7 Å². The first-order chi connectivity index (χ1) is 7.93. The highest BCUT2D eigenvalue weighted by Gasteiger charge is 2.14. The van der Waals surface area contributed by atoms with Crippen LogP contribution in [0.25, 0.3) is 0 Å². The first-order valence-corrected chi connectivity index (χ1v) is 6.72. The maximum atomic E-state index is 4.35. The minimum absolute atomic E-state index is 0.932. The van der Waals surface area contributed by atoms with Crippen LogP contribution in [0.4, 0.5) is 5.69 Å². The summed E-state index contributed by atoms with van der Waals surface area (Å²) in [6.45, 7) is 0.932. The number of amidine groups is 1. The van der Waals surface area contributed by atoms with Crippen molar-refractivity contribution in [2.24, 2.45) is 4.99 Å². The van der Waals surface area contributed by atoms with Crippen LogP contribution in [-0.2, 0) is 12.8 Å². The molecule has 0 fully saturated rings. The van der Waals surface area contributed by atoms with Crippen molar-refractivity contribution in [3.8, 4) is 0 Å². The van der Waals surface area contributed by atoms with Crippen molar-refractivity contribution in [3.05, 3.63) is 29.3 Å². The van der Waals surface area contributed by atoms with Gasteiger partial charge in [0, 0.05) is 5.75 Å². The molecule has 2 aliphatic rings. The summed E-state index contributed by atoms with van der Waals surface area (Å²) in [6.07, 6.45) is 3.70. The number of aliphatic imine (C=N–C) groups is 1. The molecule has 0 saturated carbocycles. The van der Waals surface area contributed by atoms with Crippen LogP contribution in [-0.4, -0.2) is 17.5 Å². The van der Waals surface area contributed by atoms with Gasteiger partial charge in [0.25, 0.3) is 0 Å². The number of hydrogen-bond acceptors (Lipinski definition) is 4. The highest BCUT2D eigenvalue weighted by molar-refractivity contribution is 8.14. The van der Waals surface area contributed by atoms with Gasteiger partial charge in [-0.05, 0) is 36.5 Å². The molecule has 4 heteroatoms. The normalized spacial score (nSPS) is 18.1. The quantitative estimate of drug-likeness (QED) is 0.769. The Kier molecular flexibility index (Phi) is 2.74. The van der Waals surface area contributed by atoms with E-state index in [9.17, 15) is 0 Å². The van der Waals surface area contributed by atoms with Crippen LogP contribution >= 0.6 is 11.8 Å². The summed E-state index contributed by atoms with van der Waals surface area (Å²) >= 11 is 1.77. The van der Waals surface area contributed by atoms with Crippen LogP contribution in [0.15, 0.2) is 23.2 Å². The summed E-state index contributed by atoms with van der Waals surface area (Å²) in [5.41, 5.74) is 10.7. The van der Waals surface area contributed by atoms with Gasteiger partial charge in [0.15, 0.2) is 5.17 Å². The van der Waals surface area contributed by atoms with Crippen LogP contribution < -0.4 is 10.9 Å². The Bertz CT molecular complexity index is 428. The summed E-state index contributed by atoms with van der Waals surface area (Å²) in [4.78, 5) is 4.35. The Labute approximate surface area is 99.7 Å². The number of aryl methyl sites for hydroxylation is 1. The number of nitrogens with one attached hydrogen (secondary N) is 2. The van der Waals surface area contributed by atoms with Crippen LogP contribution in [0, 0.1) is 0 Å². The average Bonchev–Trinajstić information content (AvgIpc) is 2.97. The second-order valence-electron chi connectivity index (χ2n) is 4.08. The largest absolute Gasteiger partial charge is 0.299 e. The fourth-order valence-electron chi connectivity index (χ4n) is 2.27. The van der Waals surface area contributed by atoms with Crippen LogP contribution in [0.1, 0.15) is 17.5 Å². The molecule has 84 valence electrons. The molecule has 0 amide bonds. The number of fused-ring (bicyclic) bond motifs is 1. The van der Waals surface area contributed by atoms with Crippen molar-refractivity contribution in [2.45, 2.75) is 19.3 Å². The molecule has 3 rings (SSSR count). The minimum atomic E-state index is 0.932. The summed E-state index contributed by atoms with van der Waals surface area (Å²) < 4.78 is 0. The average molecular weight is 233 g/mol. The maximum absolute atomic E-state index is 4.35. The molecule has 0 unspecified atom stereocenters. The van der Waals surface area contributed by atoms with Crippen molar-refractivity contribution >= 4 is 22.6 Å². The number of anilines is 1. The van der Waals surface area contributed by atoms with Gasteiger partial charge in [-0.1, -0.05) is 23.9 Å². The molecule has 0 spiro atoms. The van der Waals surface area contributed by atoms with Gasteiger partial charge in [0.05, 0.1) is 12.2 Å². The Morgan fingerprint density at radius 1 is 1.19 bits per heavy atom. The smallest absolute Gasteiger partial charge is 0.175 e. The standard InChI is InChI=1S/C12H15N3S/c1-3-9-4-2-6-11(10(9)5-1)14-15-12-13-7-8-16-12/h2,4,6,14H,1,3,5,7-8H2,(H,13,15). The van der Waals surface area contributed by atoms with E-state index in [2.05, 4.69) is 34.0 Å². The maximum Gasteiger partial charge on any atom is 0.175 e. The first-order valence-electron chi connectivity index (χ1n) is 5.73. The lowest BCUT2D eigenvalue weighted by Crippen LogP contribution is -2.26. The second-order valence-corrected chi connectivity index (χ2v) is 5.17. The van der Waals surface area contributed by atoms with Gasteiger partial charge in [0.1, 0.15) is 0 Å². The van der Waals surface area contributed by atoms with E-state index in [1.807, 2.05) is 0 Å². The van der Waals surface area contributed by atoms with Gasteiger partial charge >= 0.3 is 0 Å². The zero-order chi connectivity index (χ0) is 10.8. The Morgan fingerprint density at radius 2 is 2.19 bits per heavy atom. The minimum Gasteiger partial charge on any atom is -0.299 e. The fourth-order valence-corrected chi connectivity index (χ4v) is 2.95. The lowest BCUT2D eigenvalue weighted by atomic mass is 10.1. The molecule has 0 saturated heterocycles. The van der Waals surface area contributed by atoms with Gasteiger partial charge in [-0.15, -0.1) is 0 Å². The van der Waals surface area contributed by atoms with E-state index in [0.29, 0.717) is 0 Å². The third-order valence-corrected chi connectivity index (χ3v) is 3.93. The van der Waals surface area contributed by atoms with Gasteiger partial charge in [-0.2, -0.15) is 0 Å². The molecule has 16 heavy (non-hydrogen) atoms. The Morgan fingerprint density at radius 3 is 3.06 bits per heavy atom. The predicted octanol–water partition coefficient (Wildman–Crippen LogP) is 2.19. The molecule has 1 aromatic carbocycles. The van der Waals surface area contributed by atoms with E-state index in [1.54, 1.807) is 11.8 Å². The van der Waals surface area contributed by atoms with Crippen LogP contribution in [0.3, 0.4) is 0 Å². The lowest BCUT2D eigenvalue weighted by Gasteiger charge is -2.12. The Balaban J connectivity index is 1.72. The summed E-state index contributed by atoms with van der Waals surface area (Å²) in [6, 6.07) is 6.49. The van der Waals surface area contributed by atoms with Gasteiger partial charge in [0.2, 0.25) is 0 Å². The molecule has 0 aromatic heterocycles. The van der Waals surface area contributed by atoms with Gasteiger partial charge in [-0.3, -0.25) is 15.8 Å². The molecular formula is C12H15N3S. The zero-order valence-corrected chi connectivity index (χ0v) is 9.94. The van der Waals surface area contributed by atoms with E-state index in [-0.39, 0.29) is 0 Å². The molecule has 1 aliphatic heterocycles.